The molecule has 0 saturated carbocycles. The SMILES string of the molecule is CCCCC/C=C/C(O)C(COP(=O)(O)OCC[N+](C)(C)C)NC(=O)CCCCCCCCCCCCCCCCCCCCCCCCCCCCCCCCCCC. The minimum absolute atomic E-state index is 0.0634. The van der Waals surface area contributed by atoms with Crippen LogP contribution >= 0.6 is 7.82 Å². The Kier molecular flexibility index (Phi) is 42.9. The van der Waals surface area contributed by atoms with E-state index in [2.05, 4.69) is 19.2 Å². The van der Waals surface area contributed by atoms with Crippen molar-refractivity contribution in [3.05, 3.63) is 12.2 Å². The molecule has 0 fully saturated rings. The number of aliphatic hydroxyl groups excluding tert-OH is 1. The van der Waals surface area contributed by atoms with E-state index in [1.807, 2.05) is 27.2 Å². The number of carbonyl (C=O) groups excluding carboxylic acids is 1. The molecule has 3 N–H and O–H groups in total. The van der Waals surface area contributed by atoms with Crippen LogP contribution in [0.1, 0.15) is 258 Å². The van der Waals surface area contributed by atoms with Gasteiger partial charge in [-0.3, -0.25) is 13.8 Å². The third-order valence-corrected chi connectivity index (χ3v) is 13.0. The molecule has 0 spiro atoms. The molecular weight excluding hydrogens is 768 g/mol. The fourth-order valence-corrected chi connectivity index (χ4v) is 8.60. The standard InChI is InChI=1S/C51H103N2O6P/c1-6-8-10-12-13-14-15-16-17-18-19-20-21-22-23-24-25-26-27-28-29-30-31-32-33-34-35-36-37-38-39-41-43-45-51(55)52-49(50(54)44-42-40-11-9-7-2)48-59-60(56,57)58-47-46-53(3,4)5/h42,44,49-50,54H,6-41,43,45-48H2,1-5H3,(H-,52,55,56,57)/p+1/b44-42+. The first-order chi connectivity index (χ1) is 29.0. The zero-order chi connectivity index (χ0) is 44.3. The van der Waals surface area contributed by atoms with Crippen molar-refractivity contribution in [2.45, 2.75) is 270 Å². The van der Waals surface area contributed by atoms with Crippen molar-refractivity contribution in [3.8, 4) is 0 Å². The van der Waals surface area contributed by atoms with Crippen LogP contribution in [0.5, 0.6) is 0 Å². The largest absolute Gasteiger partial charge is 0.472 e. The predicted octanol–water partition coefficient (Wildman–Crippen LogP) is 15.1. The monoisotopic (exact) mass is 872 g/mol. The first-order valence-electron chi connectivity index (χ1n) is 26.1. The molecule has 3 atom stereocenters. The van der Waals surface area contributed by atoms with E-state index in [9.17, 15) is 19.4 Å². The van der Waals surface area contributed by atoms with Crippen LogP contribution in [-0.4, -0.2) is 73.4 Å². The van der Waals surface area contributed by atoms with Gasteiger partial charge >= 0.3 is 7.82 Å². The normalized spacial score (nSPS) is 14.2. The molecule has 0 aromatic rings. The van der Waals surface area contributed by atoms with Crippen molar-refractivity contribution in [2.24, 2.45) is 0 Å². The summed E-state index contributed by atoms with van der Waals surface area (Å²) in [4.78, 5) is 23.0. The molecule has 0 aromatic carbocycles. The van der Waals surface area contributed by atoms with Crippen LogP contribution in [0.3, 0.4) is 0 Å². The summed E-state index contributed by atoms with van der Waals surface area (Å²) in [5.74, 6) is -0.179. The lowest BCUT2D eigenvalue weighted by molar-refractivity contribution is -0.870. The lowest BCUT2D eigenvalue weighted by Gasteiger charge is -2.25. The van der Waals surface area contributed by atoms with E-state index in [1.165, 1.54) is 193 Å². The van der Waals surface area contributed by atoms with E-state index in [-0.39, 0.29) is 19.1 Å². The maximum Gasteiger partial charge on any atom is 0.472 e. The Labute approximate surface area is 373 Å². The summed E-state index contributed by atoms with van der Waals surface area (Å²) >= 11 is 0. The second-order valence-electron chi connectivity index (χ2n) is 19.3. The fraction of sp³-hybridized carbons (Fsp3) is 0.941. The van der Waals surface area contributed by atoms with Crippen molar-refractivity contribution in [2.75, 3.05) is 40.9 Å². The summed E-state index contributed by atoms with van der Waals surface area (Å²) in [5, 5.41) is 13.6. The molecular formula is C51H104N2O6P+. The van der Waals surface area contributed by atoms with Gasteiger partial charge in [-0.25, -0.2) is 4.57 Å². The summed E-state index contributed by atoms with van der Waals surface area (Å²) in [6.45, 7) is 4.73. The maximum atomic E-state index is 12.8. The minimum Gasteiger partial charge on any atom is -0.387 e. The van der Waals surface area contributed by atoms with E-state index in [0.717, 1.165) is 44.9 Å². The fourth-order valence-electron chi connectivity index (χ4n) is 7.87. The van der Waals surface area contributed by atoms with Gasteiger partial charge in [0.05, 0.1) is 39.9 Å². The lowest BCUT2D eigenvalue weighted by atomic mass is 10.0. The number of quaternary nitrogens is 1. The molecule has 0 aromatic heterocycles. The molecule has 358 valence electrons. The number of amides is 1. The van der Waals surface area contributed by atoms with Crippen molar-refractivity contribution in [3.63, 3.8) is 0 Å². The zero-order valence-corrected chi connectivity index (χ0v) is 41.6. The van der Waals surface area contributed by atoms with E-state index in [1.54, 1.807) is 6.08 Å². The number of nitrogens with one attached hydrogen (secondary N) is 1. The van der Waals surface area contributed by atoms with Gasteiger partial charge in [0.1, 0.15) is 13.2 Å². The summed E-state index contributed by atoms with van der Waals surface area (Å²) in [5.41, 5.74) is 0. The number of phosphoric ester groups is 1. The lowest BCUT2D eigenvalue weighted by Crippen LogP contribution is -2.45. The van der Waals surface area contributed by atoms with Gasteiger partial charge in [-0.15, -0.1) is 0 Å². The van der Waals surface area contributed by atoms with Crippen molar-refractivity contribution >= 4 is 13.7 Å². The molecule has 0 aliphatic carbocycles. The molecule has 0 saturated heterocycles. The molecule has 1 amide bonds. The van der Waals surface area contributed by atoms with Gasteiger partial charge in [0.15, 0.2) is 0 Å². The maximum absolute atomic E-state index is 12.8. The molecule has 8 nitrogen and oxygen atoms in total. The minimum atomic E-state index is -4.32. The quantitative estimate of drug-likeness (QED) is 0.0243. The number of carbonyl (C=O) groups is 1. The van der Waals surface area contributed by atoms with Gasteiger partial charge in [0.25, 0.3) is 0 Å². The van der Waals surface area contributed by atoms with E-state index in [0.29, 0.717) is 17.4 Å². The zero-order valence-electron chi connectivity index (χ0n) is 40.7. The number of likely N-dealkylation sites (N-methyl/N-ethyl adjacent to an activating group) is 1. The average Bonchev–Trinajstić information content (AvgIpc) is 3.20. The smallest absolute Gasteiger partial charge is 0.387 e. The molecule has 3 unspecified atom stereocenters. The Morgan fingerprint density at radius 2 is 0.883 bits per heavy atom. The number of hydrogen-bond acceptors (Lipinski definition) is 5. The van der Waals surface area contributed by atoms with Crippen LogP contribution in [-0.2, 0) is 18.4 Å². The molecule has 60 heavy (non-hydrogen) atoms. The van der Waals surface area contributed by atoms with Gasteiger partial charge < -0.3 is 19.8 Å². The third-order valence-electron chi connectivity index (χ3n) is 12.0. The highest BCUT2D eigenvalue weighted by molar-refractivity contribution is 7.47. The van der Waals surface area contributed by atoms with Crippen LogP contribution in [0.2, 0.25) is 0 Å². The third kappa shape index (κ3) is 45.3. The van der Waals surface area contributed by atoms with Gasteiger partial charge in [-0.2, -0.15) is 0 Å². The average molecular weight is 872 g/mol. The van der Waals surface area contributed by atoms with Crippen LogP contribution in [0.15, 0.2) is 12.2 Å². The Bertz CT molecular complexity index is 989. The summed E-state index contributed by atoms with van der Waals surface area (Å²) in [6, 6.07) is -0.837. The first kappa shape index (κ1) is 59.2. The second-order valence-corrected chi connectivity index (χ2v) is 20.7. The summed E-state index contributed by atoms with van der Waals surface area (Å²) in [6.07, 6.45) is 52.4. The topological polar surface area (TPSA) is 105 Å². The number of nitrogens with zero attached hydrogens (tertiary/aromatic N) is 1. The number of allylic oxidation sites excluding steroid dienone is 1. The summed E-state index contributed by atoms with van der Waals surface area (Å²) in [7, 11) is 1.58. The molecule has 0 rings (SSSR count). The van der Waals surface area contributed by atoms with Crippen LogP contribution < -0.4 is 5.32 Å². The molecule has 0 aliphatic rings. The van der Waals surface area contributed by atoms with Crippen LogP contribution in [0.25, 0.3) is 0 Å². The predicted molar refractivity (Wildman–Crippen MR) is 259 cm³/mol. The molecule has 0 radical (unpaired) electrons. The summed E-state index contributed by atoms with van der Waals surface area (Å²) < 4.78 is 23.4. The molecule has 0 bridgehead atoms. The van der Waals surface area contributed by atoms with Crippen LogP contribution in [0.4, 0.5) is 0 Å². The molecule has 0 heterocycles. The Morgan fingerprint density at radius 3 is 1.23 bits per heavy atom. The number of aliphatic hydroxyl groups is 1. The van der Waals surface area contributed by atoms with E-state index < -0.39 is 20.0 Å². The van der Waals surface area contributed by atoms with Gasteiger partial charge in [-0.1, -0.05) is 244 Å². The first-order valence-corrected chi connectivity index (χ1v) is 27.6. The molecule has 9 heteroatoms. The van der Waals surface area contributed by atoms with Crippen molar-refractivity contribution < 1.29 is 32.9 Å². The van der Waals surface area contributed by atoms with E-state index >= 15 is 0 Å². The highest BCUT2D eigenvalue weighted by atomic mass is 31.2. The van der Waals surface area contributed by atoms with Gasteiger partial charge in [0.2, 0.25) is 5.91 Å². The highest BCUT2D eigenvalue weighted by Crippen LogP contribution is 2.43. The highest BCUT2D eigenvalue weighted by Gasteiger charge is 2.27. The Morgan fingerprint density at radius 1 is 0.550 bits per heavy atom. The Hall–Kier alpha value is -0.760. The van der Waals surface area contributed by atoms with Crippen LogP contribution in [0, 0.1) is 0 Å². The van der Waals surface area contributed by atoms with Gasteiger partial charge in [-0.05, 0) is 19.3 Å². The number of unbranched alkanes of at least 4 members (excludes halogenated alkanes) is 35. The number of hydrogen-bond donors (Lipinski definition) is 3. The van der Waals surface area contributed by atoms with Crippen molar-refractivity contribution in [1.82, 2.24) is 5.32 Å². The second kappa shape index (κ2) is 43.5. The van der Waals surface area contributed by atoms with Gasteiger partial charge in [0, 0.05) is 6.42 Å². The Balaban J connectivity index is 3.73. The molecule has 0 aliphatic heterocycles. The van der Waals surface area contributed by atoms with Crippen molar-refractivity contribution in [1.29, 1.82) is 0 Å². The number of phosphoric acid groups is 1. The number of rotatable bonds is 48. The van der Waals surface area contributed by atoms with E-state index in [4.69, 9.17) is 9.05 Å².